The molecule has 1 aromatic heterocycles. The first kappa shape index (κ1) is 27.0. The monoisotopic (exact) mass is 534 g/mol. The predicted octanol–water partition coefficient (Wildman–Crippen LogP) is 0.819. The Bertz CT molecular complexity index is 1170. The Hall–Kier alpha value is -2.60. The van der Waals surface area contributed by atoms with E-state index in [9.17, 15) is 34.5 Å². The van der Waals surface area contributed by atoms with Crippen molar-refractivity contribution in [2.75, 3.05) is 6.61 Å². The summed E-state index contributed by atoms with van der Waals surface area (Å²) in [4.78, 5) is 53.8. The van der Waals surface area contributed by atoms with Crippen LogP contribution in [0.15, 0.2) is 23.0 Å². The van der Waals surface area contributed by atoms with Crippen molar-refractivity contribution in [2.45, 2.75) is 83.1 Å². The van der Waals surface area contributed by atoms with Crippen molar-refractivity contribution in [1.29, 1.82) is 0 Å². The third-order valence-corrected chi connectivity index (χ3v) is 10.00. The number of fused-ring (bicyclic) bond motifs is 5. The lowest BCUT2D eigenvalue weighted by atomic mass is 9.42. The van der Waals surface area contributed by atoms with Gasteiger partial charge in [0.1, 0.15) is 24.1 Å². The standard InChI is InChI=1S/C27H34O11/c1-12-15(29)9-27(34)22(37-23(33)14-6-7-35-10-14)20-25(5,21(32)19(31)18(12)24(27,3)4)16(30)8-17-26(20,11-36-17)38-13(2)28/h6-7,10,12,15-18,20,22,29-30,34H,8-9,11H2,1-5H3/t12?,15-,16-,17+,18?,20-,22-,25+,26-,27+/m0/s1. The van der Waals surface area contributed by atoms with E-state index < -0.39 is 87.7 Å². The first-order valence-electron chi connectivity index (χ1n) is 12.8. The van der Waals surface area contributed by atoms with Crippen LogP contribution in [0.3, 0.4) is 0 Å². The number of hydrogen-bond donors (Lipinski definition) is 3. The van der Waals surface area contributed by atoms with E-state index in [0.29, 0.717) is 0 Å². The normalized spacial score (nSPS) is 45.5. The molecule has 5 rings (SSSR count). The van der Waals surface area contributed by atoms with Crippen LogP contribution in [0.5, 0.6) is 0 Å². The van der Waals surface area contributed by atoms with Crippen LogP contribution in [0, 0.1) is 28.6 Å². The second kappa shape index (κ2) is 8.45. The molecule has 0 radical (unpaired) electrons. The van der Waals surface area contributed by atoms with Crippen LogP contribution in [0.25, 0.3) is 0 Å². The average molecular weight is 535 g/mol. The zero-order chi connectivity index (χ0) is 28.0. The van der Waals surface area contributed by atoms with Crippen LogP contribution in [0.4, 0.5) is 0 Å². The van der Waals surface area contributed by atoms with E-state index in [-0.39, 0.29) is 25.0 Å². The van der Waals surface area contributed by atoms with Gasteiger partial charge in [0.05, 0.1) is 42.0 Å². The molecular formula is C27H34O11. The minimum absolute atomic E-state index is 0.0261. The summed E-state index contributed by atoms with van der Waals surface area (Å²) in [6, 6.07) is 1.36. The SMILES string of the molecule is CC(=O)O[C@@]12CO[C@@H]1C[C@H](O)[C@@]1(C)C(=O)C(=O)C3C(C)[C@@H](O)C[C@@](O)([C@@H](OC(=O)c4ccoc4)[C@H]21)C3(C)C. The van der Waals surface area contributed by atoms with Crippen LogP contribution in [-0.2, 0) is 28.6 Å². The van der Waals surface area contributed by atoms with E-state index in [0.717, 1.165) is 6.26 Å². The molecule has 4 fully saturated rings. The maximum absolute atomic E-state index is 14.2. The molecule has 0 amide bonds. The molecular weight excluding hydrogens is 500 g/mol. The third-order valence-electron chi connectivity index (χ3n) is 10.00. The van der Waals surface area contributed by atoms with Crippen molar-refractivity contribution >= 4 is 23.5 Å². The number of aliphatic hydroxyl groups excluding tert-OH is 2. The topological polar surface area (TPSA) is 170 Å². The van der Waals surface area contributed by atoms with Crippen LogP contribution in [-0.4, -0.2) is 81.0 Å². The minimum Gasteiger partial charge on any atom is -0.472 e. The second-order valence-electron chi connectivity index (χ2n) is 12.1. The summed E-state index contributed by atoms with van der Waals surface area (Å²) in [5, 5.41) is 35.0. The van der Waals surface area contributed by atoms with Gasteiger partial charge in [-0.3, -0.25) is 14.4 Å². The van der Waals surface area contributed by atoms with Gasteiger partial charge in [0.15, 0.2) is 5.60 Å². The van der Waals surface area contributed by atoms with Crippen LogP contribution < -0.4 is 0 Å². The highest BCUT2D eigenvalue weighted by Gasteiger charge is 2.78. The Balaban J connectivity index is 1.80. The summed E-state index contributed by atoms with van der Waals surface area (Å²) in [6.45, 7) is 7.18. The van der Waals surface area contributed by atoms with Crippen molar-refractivity contribution in [2.24, 2.45) is 28.6 Å². The largest absolute Gasteiger partial charge is 0.472 e. The van der Waals surface area contributed by atoms with Gasteiger partial charge >= 0.3 is 11.9 Å². The molecule has 10 atom stereocenters. The fraction of sp³-hybridized carbons (Fsp3) is 0.704. The van der Waals surface area contributed by atoms with Gasteiger partial charge in [-0.1, -0.05) is 20.8 Å². The molecule has 2 bridgehead atoms. The number of esters is 2. The highest BCUT2D eigenvalue weighted by molar-refractivity contribution is 6.40. The molecule has 2 unspecified atom stereocenters. The molecule has 1 saturated heterocycles. The molecule has 11 heteroatoms. The molecule has 11 nitrogen and oxygen atoms in total. The number of ether oxygens (including phenoxy) is 3. The summed E-state index contributed by atoms with van der Waals surface area (Å²) in [7, 11) is 0. The van der Waals surface area contributed by atoms with Gasteiger partial charge in [-0.2, -0.15) is 0 Å². The predicted molar refractivity (Wildman–Crippen MR) is 126 cm³/mol. The van der Waals surface area contributed by atoms with E-state index in [1.54, 1.807) is 20.8 Å². The molecule has 1 aliphatic heterocycles. The van der Waals surface area contributed by atoms with E-state index in [4.69, 9.17) is 18.6 Å². The number of rotatable bonds is 3. The molecule has 1 aromatic rings. The maximum atomic E-state index is 14.2. The first-order chi connectivity index (χ1) is 17.6. The highest BCUT2D eigenvalue weighted by atomic mass is 16.6. The van der Waals surface area contributed by atoms with Gasteiger partial charge in [0.2, 0.25) is 11.6 Å². The molecule has 0 aromatic carbocycles. The lowest BCUT2D eigenvalue weighted by Crippen LogP contribution is -2.82. The van der Waals surface area contributed by atoms with Crippen molar-refractivity contribution in [3.05, 3.63) is 24.2 Å². The molecule has 208 valence electrons. The van der Waals surface area contributed by atoms with E-state index in [2.05, 4.69) is 0 Å². The summed E-state index contributed by atoms with van der Waals surface area (Å²) in [5.74, 6) is -6.63. The lowest BCUT2D eigenvalue weighted by Gasteiger charge is -2.67. The van der Waals surface area contributed by atoms with Gasteiger partial charge in [-0.25, -0.2) is 4.79 Å². The van der Waals surface area contributed by atoms with Crippen LogP contribution in [0.2, 0.25) is 0 Å². The maximum Gasteiger partial charge on any atom is 0.341 e. The van der Waals surface area contributed by atoms with E-state index in [1.165, 1.54) is 26.2 Å². The quantitative estimate of drug-likeness (QED) is 0.371. The molecule has 38 heavy (non-hydrogen) atoms. The van der Waals surface area contributed by atoms with Crippen molar-refractivity contribution in [3.8, 4) is 0 Å². The number of hydrogen-bond acceptors (Lipinski definition) is 11. The van der Waals surface area contributed by atoms with Crippen LogP contribution in [0.1, 0.15) is 57.8 Å². The fourth-order valence-corrected chi connectivity index (χ4v) is 7.75. The smallest absolute Gasteiger partial charge is 0.341 e. The number of furan rings is 1. The summed E-state index contributed by atoms with van der Waals surface area (Å²) < 4.78 is 22.5. The molecule has 3 N–H and O–H groups in total. The number of carbonyl (C=O) groups is 4. The third kappa shape index (κ3) is 3.28. The van der Waals surface area contributed by atoms with E-state index >= 15 is 0 Å². The Morgan fingerprint density at radius 2 is 1.84 bits per heavy atom. The minimum atomic E-state index is -2.09. The fourth-order valence-electron chi connectivity index (χ4n) is 7.75. The van der Waals surface area contributed by atoms with Crippen LogP contribution >= 0.6 is 0 Å². The van der Waals surface area contributed by atoms with Crippen molar-refractivity contribution < 1.29 is 53.1 Å². The molecule has 3 saturated carbocycles. The average Bonchev–Trinajstić information content (AvgIpc) is 3.37. The molecule has 0 spiro atoms. The van der Waals surface area contributed by atoms with Gasteiger partial charge in [0, 0.05) is 31.1 Å². The summed E-state index contributed by atoms with van der Waals surface area (Å²) in [6.07, 6.45) is -3.15. The number of ketones is 2. The van der Waals surface area contributed by atoms with Crippen molar-refractivity contribution in [3.63, 3.8) is 0 Å². The zero-order valence-corrected chi connectivity index (χ0v) is 22.0. The lowest BCUT2D eigenvalue weighted by molar-refractivity contribution is -0.349. The molecule has 2 heterocycles. The second-order valence-corrected chi connectivity index (χ2v) is 12.1. The Labute approximate surface area is 219 Å². The number of carbonyl (C=O) groups excluding carboxylic acids is 4. The molecule has 4 aliphatic rings. The highest BCUT2D eigenvalue weighted by Crippen LogP contribution is 2.64. The summed E-state index contributed by atoms with van der Waals surface area (Å²) in [5.41, 5.74) is -6.96. The summed E-state index contributed by atoms with van der Waals surface area (Å²) >= 11 is 0. The Kier molecular flexibility index (Phi) is 6.00. The van der Waals surface area contributed by atoms with Gasteiger partial charge in [-0.15, -0.1) is 0 Å². The number of Topliss-reactive ketones (excluding diaryl/α,β-unsaturated/α-hetero) is 2. The first-order valence-corrected chi connectivity index (χ1v) is 12.8. The zero-order valence-electron chi connectivity index (χ0n) is 22.0. The van der Waals surface area contributed by atoms with Gasteiger partial charge in [-0.05, 0) is 18.9 Å². The number of aliphatic hydroxyl groups is 3. The molecule has 3 aliphatic carbocycles. The van der Waals surface area contributed by atoms with Gasteiger partial charge < -0.3 is 33.9 Å². The van der Waals surface area contributed by atoms with Crippen molar-refractivity contribution in [1.82, 2.24) is 0 Å². The van der Waals surface area contributed by atoms with Gasteiger partial charge in [0.25, 0.3) is 0 Å². The Morgan fingerprint density at radius 3 is 2.39 bits per heavy atom. The van der Waals surface area contributed by atoms with E-state index in [1.807, 2.05) is 0 Å². The Morgan fingerprint density at radius 1 is 1.16 bits per heavy atom.